The van der Waals surface area contributed by atoms with Crippen LogP contribution in [0.25, 0.3) is 0 Å². The first-order valence-electron chi connectivity index (χ1n) is 9.10. The third-order valence-corrected chi connectivity index (χ3v) is 3.38. The molecule has 0 nitrogen and oxygen atoms in total. The predicted octanol–water partition coefficient (Wildman–Crippen LogP) is 8.03. The van der Waals surface area contributed by atoms with Gasteiger partial charge in [-0.1, -0.05) is 95.1 Å². The topological polar surface area (TPSA) is 0 Å². The Morgan fingerprint density at radius 1 is 0.727 bits per heavy atom. The maximum absolute atomic E-state index is 3.56. The van der Waals surface area contributed by atoms with E-state index in [2.05, 4.69) is 58.5 Å². The standard InChI is InChI=1S/C10H22.C8H10.C4H8/c1-3-5-7-9-10-8-6-4-2;1-7-5-3-4-6-8(7)2;1-4(2)3/h3-10H2,1-2H3;3-6H,1-2H3;1H2,2-3H3. The molecular weight excluding hydrogens is 264 g/mol. The van der Waals surface area contributed by atoms with E-state index < -0.39 is 0 Å². The molecule has 1 rings (SSSR count). The maximum Gasteiger partial charge on any atom is -0.0395 e. The zero-order chi connectivity index (χ0) is 17.2. The van der Waals surface area contributed by atoms with Gasteiger partial charge in [0.05, 0.1) is 0 Å². The predicted molar refractivity (Wildman–Crippen MR) is 105 cm³/mol. The van der Waals surface area contributed by atoms with Gasteiger partial charge in [-0.15, -0.1) is 6.58 Å². The quantitative estimate of drug-likeness (QED) is 0.353. The molecule has 0 spiro atoms. The van der Waals surface area contributed by atoms with Gasteiger partial charge >= 0.3 is 0 Å². The molecule has 0 heteroatoms. The van der Waals surface area contributed by atoms with Gasteiger partial charge in [-0.05, 0) is 38.8 Å². The highest BCUT2D eigenvalue weighted by Gasteiger charge is 1.87. The Hall–Kier alpha value is -1.04. The van der Waals surface area contributed by atoms with Crippen molar-refractivity contribution in [1.29, 1.82) is 0 Å². The first kappa shape index (κ1) is 23.2. The third kappa shape index (κ3) is 21.3. The van der Waals surface area contributed by atoms with Crippen LogP contribution >= 0.6 is 0 Å². The Morgan fingerprint density at radius 2 is 1.00 bits per heavy atom. The lowest BCUT2D eigenvalue weighted by molar-refractivity contribution is 0.585. The molecular formula is C22H40. The summed E-state index contributed by atoms with van der Waals surface area (Å²) in [6.45, 7) is 16.3. The van der Waals surface area contributed by atoms with Crippen LogP contribution in [0, 0.1) is 13.8 Å². The molecule has 0 aliphatic rings. The van der Waals surface area contributed by atoms with Crippen LogP contribution in [-0.4, -0.2) is 0 Å². The molecule has 0 unspecified atom stereocenters. The molecule has 0 atom stereocenters. The Balaban J connectivity index is 0. The van der Waals surface area contributed by atoms with Crippen LogP contribution in [0.1, 0.15) is 90.2 Å². The highest BCUT2D eigenvalue weighted by Crippen LogP contribution is 2.07. The van der Waals surface area contributed by atoms with Gasteiger partial charge in [0.2, 0.25) is 0 Å². The molecule has 128 valence electrons. The molecule has 0 aliphatic heterocycles. The van der Waals surface area contributed by atoms with E-state index >= 15 is 0 Å². The number of hydrogen-bond acceptors (Lipinski definition) is 0. The summed E-state index contributed by atoms with van der Waals surface area (Å²) in [4.78, 5) is 0. The number of rotatable bonds is 7. The van der Waals surface area contributed by atoms with Gasteiger partial charge in [-0.25, -0.2) is 0 Å². The minimum absolute atomic E-state index is 1.17. The number of aryl methyl sites for hydroxylation is 2. The molecule has 0 aliphatic carbocycles. The van der Waals surface area contributed by atoms with Crippen molar-refractivity contribution in [2.24, 2.45) is 0 Å². The molecule has 1 aromatic carbocycles. The number of benzene rings is 1. The summed E-state index contributed by atoms with van der Waals surface area (Å²) in [6, 6.07) is 8.36. The normalized spacial score (nSPS) is 9.18. The van der Waals surface area contributed by atoms with Crippen molar-refractivity contribution < 1.29 is 0 Å². The Bertz CT molecular complexity index is 316. The Kier molecular flexibility index (Phi) is 19.0. The van der Waals surface area contributed by atoms with Gasteiger partial charge in [0, 0.05) is 0 Å². The molecule has 1 aromatic rings. The van der Waals surface area contributed by atoms with E-state index in [9.17, 15) is 0 Å². The molecule has 0 saturated carbocycles. The van der Waals surface area contributed by atoms with Crippen LogP contribution < -0.4 is 0 Å². The summed E-state index contributed by atoms with van der Waals surface area (Å²) in [5.74, 6) is 0. The molecule has 0 heterocycles. The van der Waals surface area contributed by atoms with E-state index in [1.165, 1.54) is 68.1 Å². The van der Waals surface area contributed by atoms with Crippen molar-refractivity contribution >= 4 is 0 Å². The fraction of sp³-hybridized carbons (Fsp3) is 0.636. The molecule has 0 fully saturated rings. The Labute approximate surface area is 141 Å². The summed E-state index contributed by atoms with van der Waals surface area (Å²) in [6.07, 6.45) is 11.5. The lowest BCUT2D eigenvalue weighted by Crippen LogP contribution is -1.77. The monoisotopic (exact) mass is 304 g/mol. The van der Waals surface area contributed by atoms with Crippen LogP contribution in [0.3, 0.4) is 0 Å². The summed E-state index contributed by atoms with van der Waals surface area (Å²) in [5, 5.41) is 0. The van der Waals surface area contributed by atoms with Gasteiger partial charge in [-0.2, -0.15) is 0 Å². The first-order chi connectivity index (χ1) is 10.5. The van der Waals surface area contributed by atoms with E-state index in [0.29, 0.717) is 0 Å². The molecule has 0 aromatic heterocycles. The molecule has 0 N–H and O–H groups in total. The fourth-order valence-corrected chi connectivity index (χ4v) is 1.87. The summed E-state index contributed by atoms with van der Waals surface area (Å²) in [5.41, 5.74) is 3.90. The zero-order valence-corrected chi connectivity index (χ0v) is 16.2. The molecule has 0 amide bonds. The molecule has 0 bridgehead atoms. The van der Waals surface area contributed by atoms with Crippen molar-refractivity contribution in [2.45, 2.75) is 92.9 Å². The number of unbranched alkanes of at least 4 members (excludes halogenated alkanes) is 7. The first-order valence-corrected chi connectivity index (χ1v) is 9.10. The lowest BCUT2D eigenvalue weighted by Gasteiger charge is -1.97. The van der Waals surface area contributed by atoms with Crippen molar-refractivity contribution in [1.82, 2.24) is 0 Å². The van der Waals surface area contributed by atoms with Crippen LogP contribution in [0.15, 0.2) is 36.4 Å². The largest absolute Gasteiger partial charge is 0.100 e. The third-order valence-electron chi connectivity index (χ3n) is 3.38. The van der Waals surface area contributed by atoms with Gasteiger partial charge < -0.3 is 0 Å². The van der Waals surface area contributed by atoms with Gasteiger partial charge in [0.1, 0.15) is 0 Å². The lowest BCUT2D eigenvalue weighted by atomic mass is 10.1. The van der Waals surface area contributed by atoms with E-state index in [1.54, 1.807) is 0 Å². The minimum Gasteiger partial charge on any atom is -0.100 e. The van der Waals surface area contributed by atoms with Gasteiger partial charge in [0.25, 0.3) is 0 Å². The number of allylic oxidation sites excluding steroid dienone is 1. The van der Waals surface area contributed by atoms with Crippen LogP contribution in [0.4, 0.5) is 0 Å². The highest BCUT2D eigenvalue weighted by molar-refractivity contribution is 5.23. The molecule has 22 heavy (non-hydrogen) atoms. The van der Waals surface area contributed by atoms with Gasteiger partial charge in [-0.3, -0.25) is 0 Å². The zero-order valence-electron chi connectivity index (χ0n) is 16.2. The molecule has 0 saturated heterocycles. The van der Waals surface area contributed by atoms with Crippen LogP contribution in [0.2, 0.25) is 0 Å². The maximum atomic E-state index is 3.56. The number of hydrogen-bond donors (Lipinski definition) is 0. The van der Waals surface area contributed by atoms with Crippen molar-refractivity contribution in [3.05, 3.63) is 47.5 Å². The average Bonchev–Trinajstić information content (AvgIpc) is 2.46. The Morgan fingerprint density at radius 3 is 1.23 bits per heavy atom. The smallest absolute Gasteiger partial charge is 0.0395 e. The van der Waals surface area contributed by atoms with E-state index in [-0.39, 0.29) is 0 Å². The SMILES string of the molecule is C=C(C)C.CCCCCCCCCC.Cc1ccccc1C. The van der Waals surface area contributed by atoms with Crippen molar-refractivity contribution in [3.8, 4) is 0 Å². The highest BCUT2D eigenvalue weighted by atomic mass is 13.9. The molecule has 0 radical (unpaired) electrons. The fourth-order valence-electron chi connectivity index (χ4n) is 1.87. The van der Waals surface area contributed by atoms with E-state index in [4.69, 9.17) is 0 Å². The van der Waals surface area contributed by atoms with Gasteiger partial charge in [0.15, 0.2) is 0 Å². The summed E-state index contributed by atoms with van der Waals surface area (Å²) >= 11 is 0. The van der Waals surface area contributed by atoms with Crippen molar-refractivity contribution in [2.75, 3.05) is 0 Å². The van der Waals surface area contributed by atoms with Crippen molar-refractivity contribution in [3.63, 3.8) is 0 Å². The van der Waals surface area contributed by atoms with Crippen LogP contribution in [-0.2, 0) is 0 Å². The summed E-state index contributed by atoms with van der Waals surface area (Å²) < 4.78 is 0. The second-order valence-electron chi connectivity index (χ2n) is 6.41. The summed E-state index contributed by atoms with van der Waals surface area (Å²) in [7, 11) is 0. The van der Waals surface area contributed by atoms with E-state index in [0.717, 1.165) is 0 Å². The second-order valence-corrected chi connectivity index (χ2v) is 6.41. The van der Waals surface area contributed by atoms with E-state index in [1.807, 2.05) is 13.8 Å². The minimum atomic E-state index is 1.17. The second kappa shape index (κ2) is 18.0. The van der Waals surface area contributed by atoms with Crippen LogP contribution in [0.5, 0.6) is 0 Å². The average molecular weight is 305 g/mol.